The Hall–Kier alpha value is -1.18. The van der Waals surface area contributed by atoms with E-state index in [1.54, 1.807) is 0 Å². The summed E-state index contributed by atoms with van der Waals surface area (Å²) in [5.41, 5.74) is 0. The van der Waals surface area contributed by atoms with Crippen LogP contribution < -0.4 is 0 Å². The number of carbonyl (C=O) groups excluding carboxylic acids is 1. The highest BCUT2D eigenvalue weighted by atomic mass is 16.5. The van der Waals surface area contributed by atoms with Crippen LogP contribution in [0.2, 0.25) is 0 Å². The smallest absolute Gasteiger partial charge is 0.305 e. The van der Waals surface area contributed by atoms with Crippen molar-refractivity contribution in [3.8, 4) is 0 Å². The Morgan fingerprint density at radius 1 is 1.24 bits per heavy atom. The molecule has 0 aromatic carbocycles. The van der Waals surface area contributed by atoms with Gasteiger partial charge in [0.2, 0.25) is 5.91 Å². The van der Waals surface area contributed by atoms with Crippen molar-refractivity contribution in [1.29, 1.82) is 0 Å². The van der Waals surface area contributed by atoms with Gasteiger partial charge >= 0.3 is 5.97 Å². The first-order chi connectivity index (χ1) is 9.95. The summed E-state index contributed by atoms with van der Waals surface area (Å²) >= 11 is 0. The number of rotatable bonds is 4. The van der Waals surface area contributed by atoms with Gasteiger partial charge in [-0.2, -0.15) is 0 Å². The first kappa shape index (κ1) is 16.2. The summed E-state index contributed by atoms with van der Waals surface area (Å²) in [6.45, 7) is 6.86. The molecule has 7 nitrogen and oxygen atoms in total. The van der Waals surface area contributed by atoms with Crippen LogP contribution in [0, 0.1) is 0 Å². The van der Waals surface area contributed by atoms with E-state index < -0.39 is 5.97 Å². The minimum absolute atomic E-state index is 0.00317. The first-order valence-corrected chi connectivity index (χ1v) is 7.42. The van der Waals surface area contributed by atoms with Crippen LogP contribution in [0.3, 0.4) is 0 Å². The van der Waals surface area contributed by atoms with Crippen molar-refractivity contribution in [3.63, 3.8) is 0 Å². The van der Waals surface area contributed by atoms with Gasteiger partial charge < -0.3 is 19.5 Å². The van der Waals surface area contributed by atoms with Crippen molar-refractivity contribution < 1.29 is 24.2 Å². The van der Waals surface area contributed by atoms with Gasteiger partial charge in [0.1, 0.15) is 0 Å². The largest absolute Gasteiger partial charge is 0.481 e. The molecule has 2 heterocycles. The van der Waals surface area contributed by atoms with Crippen molar-refractivity contribution in [1.82, 2.24) is 9.80 Å². The number of carboxylic acid groups (broad SMARTS) is 1. The molecule has 21 heavy (non-hydrogen) atoms. The summed E-state index contributed by atoms with van der Waals surface area (Å²) in [4.78, 5) is 27.1. The lowest BCUT2D eigenvalue weighted by atomic mass is 10.1. The van der Waals surface area contributed by atoms with Crippen molar-refractivity contribution in [2.45, 2.75) is 38.5 Å². The van der Waals surface area contributed by atoms with Crippen LogP contribution in [0.25, 0.3) is 0 Å². The number of carbonyl (C=O) groups is 2. The predicted octanol–water partition coefficient (Wildman–Crippen LogP) is -0.202. The molecule has 0 aromatic rings. The lowest BCUT2D eigenvalue weighted by Gasteiger charge is -2.39. The fourth-order valence-electron chi connectivity index (χ4n) is 2.94. The van der Waals surface area contributed by atoms with E-state index in [2.05, 4.69) is 0 Å². The fourth-order valence-corrected chi connectivity index (χ4v) is 2.94. The number of carboxylic acids is 1. The number of ether oxygens (including phenoxy) is 2. The number of hydrogen-bond donors (Lipinski definition) is 1. The van der Waals surface area contributed by atoms with E-state index in [4.69, 9.17) is 14.6 Å². The maximum Gasteiger partial charge on any atom is 0.305 e. The van der Waals surface area contributed by atoms with Crippen molar-refractivity contribution in [2.24, 2.45) is 0 Å². The molecule has 0 aromatic heterocycles. The average molecular weight is 300 g/mol. The second kappa shape index (κ2) is 7.20. The van der Waals surface area contributed by atoms with E-state index >= 15 is 0 Å². The molecule has 0 saturated carbocycles. The summed E-state index contributed by atoms with van der Waals surface area (Å²) in [7, 11) is 0. The van der Waals surface area contributed by atoms with E-state index in [1.165, 1.54) is 0 Å². The molecule has 1 N–H and O–H groups in total. The van der Waals surface area contributed by atoms with Crippen LogP contribution in [-0.2, 0) is 19.1 Å². The topological polar surface area (TPSA) is 79.3 Å². The summed E-state index contributed by atoms with van der Waals surface area (Å²) < 4.78 is 10.9. The highest BCUT2D eigenvalue weighted by molar-refractivity contribution is 5.78. The maximum absolute atomic E-state index is 12.4. The van der Waals surface area contributed by atoms with Gasteiger partial charge in [0.25, 0.3) is 0 Å². The summed E-state index contributed by atoms with van der Waals surface area (Å²) in [6, 6.07) is -0.226. The summed E-state index contributed by atoms with van der Waals surface area (Å²) in [6.07, 6.45) is 0.0813. The molecular weight excluding hydrogens is 276 g/mol. The van der Waals surface area contributed by atoms with Gasteiger partial charge in [0.15, 0.2) is 0 Å². The van der Waals surface area contributed by atoms with E-state index in [0.29, 0.717) is 32.8 Å². The molecule has 7 heteroatoms. The molecule has 1 amide bonds. The van der Waals surface area contributed by atoms with E-state index in [-0.39, 0.29) is 37.1 Å². The third kappa shape index (κ3) is 4.66. The Bertz CT molecular complexity index is 380. The van der Waals surface area contributed by atoms with Crippen molar-refractivity contribution in [3.05, 3.63) is 0 Å². The standard InChI is InChI=1S/C14H24N2O5/c1-10-6-16(7-11(2)21-10)13(17)8-15-3-4-20-9-12(15)5-14(18)19/h10-12H,3-9H2,1-2H3,(H,18,19). The molecule has 0 spiro atoms. The molecule has 120 valence electrons. The third-order valence-corrected chi connectivity index (χ3v) is 3.87. The molecule has 2 saturated heterocycles. The van der Waals surface area contributed by atoms with Crippen LogP contribution >= 0.6 is 0 Å². The monoisotopic (exact) mass is 300 g/mol. The highest BCUT2D eigenvalue weighted by Gasteiger charge is 2.31. The normalized spacial score (nSPS) is 31.1. The van der Waals surface area contributed by atoms with E-state index in [0.717, 1.165) is 0 Å². The second-order valence-corrected chi connectivity index (χ2v) is 5.85. The molecule has 0 aliphatic carbocycles. The molecule has 3 atom stereocenters. The van der Waals surface area contributed by atoms with Crippen LogP contribution in [0.1, 0.15) is 20.3 Å². The first-order valence-electron chi connectivity index (χ1n) is 7.42. The Morgan fingerprint density at radius 3 is 2.52 bits per heavy atom. The Kier molecular flexibility index (Phi) is 5.55. The van der Waals surface area contributed by atoms with Gasteiger partial charge in [-0.15, -0.1) is 0 Å². The summed E-state index contributed by atoms with van der Waals surface area (Å²) in [5, 5.41) is 8.94. The average Bonchev–Trinajstić information content (AvgIpc) is 2.39. The minimum atomic E-state index is -0.864. The third-order valence-electron chi connectivity index (χ3n) is 3.87. The second-order valence-electron chi connectivity index (χ2n) is 5.85. The molecular formula is C14H24N2O5. The van der Waals surface area contributed by atoms with Crippen molar-refractivity contribution in [2.75, 3.05) is 39.4 Å². The van der Waals surface area contributed by atoms with Gasteiger partial charge in [0.05, 0.1) is 38.4 Å². The molecule has 0 radical (unpaired) electrons. The summed E-state index contributed by atoms with van der Waals surface area (Å²) in [5.74, 6) is -0.828. The number of hydrogen-bond acceptors (Lipinski definition) is 5. The van der Waals surface area contributed by atoms with Gasteiger partial charge in [-0.1, -0.05) is 0 Å². The Labute approximate surface area is 124 Å². The van der Waals surface area contributed by atoms with Gasteiger partial charge in [-0.25, -0.2) is 0 Å². The molecule has 2 aliphatic heterocycles. The SMILES string of the molecule is CC1CN(C(=O)CN2CCOCC2CC(=O)O)CC(C)O1. The van der Waals surface area contributed by atoms with Gasteiger partial charge in [-0.3, -0.25) is 14.5 Å². The van der Waals surface area contributed by atoms with Gasteiger partial charge in [0, 0.05) is 25.7 Å². The quantitative estimate of drug-likeness (QED) is 0.774. The molecule has 0 bridgehead atoms. The zero-order valence-electron chi connectivity index (χ0n) is 12.7. The highest BCUT2D eigenvalue weighted by Crippen LogP contribution is 2.14. The number of morpholine rings is 2. The maximum atomic E-state index is 12.4. The minimum Gasteiger partial charge on any atom is -0.481 e. The van der Waals surface area contributed by atoms with Crippen LogP contribution in [0.5, 0.6) is 0 Å². The Balaban J connectivity index is 1.91. The number of nitrogens with zero attached hydrogens (tertiary/aromatic N) is 2. The lowest BCUT2D eigenvalue weighted by Crippen LogP contribution is -2.54. The lowest BCUT2D eigenvalue weighted by molar-refractivity contribution is -0.149. The van der Waals surface area contributed by atoms with Crippen LogP contribution in [-0.4, -0.2) is 84.4 Å². The van der Waals surface area contributed by atoms with Gasteiger partial charge in [-0.05, 0) is 13.8 Å². The Morgan fingerprint density at radius 2 is 1.90 bits per heavy atom. The van der Waals surface area contributed by atoms with Crippen LogP contribution in [0.15, 0.2) is 0 Å². The predicted molar refractivity (Wildman–Crippen MR) is 75.0 cm³/mol. The zero-order chi connectivity index (χ0) is 15.4. The molecule has 3 unspecified atom stereocenters. The van der Waals surface area contributed by atoms with Crippen molar-refractivity contribution >= 4 is 11.9 Å². The number of amides is 1. The zero-order valence-corrected chi connectivity index (χ0v) is 12.7. The van der Waals surface area contributed by atoms with E-state index in [1.807, 2.05) is 23.6 Å². The van der Waals surface area contributed by atoms with E-state index in [9.17, 15) is 9.59 Å². The fraction of sp³-hybridized carbons (Fsp3) is 0.857. The molecule has 2 rings (SSSR count). The number of aliphatic carboxylic acids is 1. The van der Waals surface area contributed by atoms with Crippen LogP contribution in [0.4, 0.5) is 0 Å². The molecule has 2 fully saturated rings. The molecule has 2 aliphatic rings.